The van der Waals surface area contributed by atoms with Crippen molar-refractivity contribution < 1.29 is 0 Å². The number of likely N-dealkylation sites (N-methyl/N-ethyl adjacent to an activating group) is 1. The zero-order chi connectivity index (χ0) is 14.4. The molecule has 0 aliphatic heterocycles. The maximum atomic E-state index is 4.62. The number of nitrogens with zero attached hydrogens (tertiary/aromatic N) is 2. The Bertz CT molecular complexity index is 523. The van der Waals surface area contributed by atoms with E-state index in [9.17, 15) is 0 Å². The van der Waals surface area contributed by atoms with Crippen LogP contribution < -0.4 is 10.2 Å². The molecule has 0 aromatic carbocycles. The van der Waals surface area contributed by atoms with E-state index in [0.29, 0.717) is 0 Å². The van der Waals surface area contributed by atoms with E-state index in [4.69, 9.17) is 0 Å². The van der Waals surface area contributed by atoms with E-state index in [1.165, 1.54) is 16.0 Å². The second-order valence-corrected chi connectivity index (χ2v) is 6.05. The van der Waals surface area contributed by atoms with Crippen LogP contribution in [-0.2, 0) is 13.0 Å². The van der Waals surface area contributed by atoms with Gasteiger partial charge < -0.3 is 10.2 Å². The highest BCUT2D eigenvalue weighted by atomic mass is 32.1. The molecule has 0 unspecified atom stereocenters. The molecule has 3 nitrogen and oxygen atoms in total. The van der Waals surface area contributed by atoms with E-state index in [1.54, 1.807) is 0 Å². The van der Waals surface area contributed by atoms with Crippen molar-refractivity contribution in [1.82, 2.24) is 10.3 Å². The third-order valence-corrected chi connectivity index (χ3v) is 4.26. The summed E-state index contributed by atoms with van der Waals surface area (Å²) in [6, 6.07) is 6.53. The number of aryl methyl sites for hydroxylation is 1. The largest absolute Gasteiger partial charge is 0.359 e. The number of anilines is 1. The summed E-state index contributed by atoms with van der Waals surface area (Å²) in [5.74, 6) is 1.09. The number of hydrogen-bond acceptors (Lipinski definition) is 4. The number of nitrogens with one attached hydrogen (secondary N) is 1. The molecule has 2 aromatic heterocycles. The van der Waals surface area contributed by atoms with Crippen LogP contribution in [0.5, 0.6) is 0 Å². The van der Waals surface area contributed by atoms with Crippen LogP contribution in [0, 0.1) is 6.92 Å². The van der Waals surface area contributed by atoms with Gasteiger partial charge in [-0.25, -0.2) is 4.98 Å². The Morgan fingerprint density at radius 1 is 1.40 bits per heavy atom. The Morgan fingerprint density at radius 3 is 2.90 bits per heavy atom. The van der Waals surface area contributed by atoms with Gasteiger partial charge in [-0.1, -0.05) is 13.0 Å². The van der Waals surface area contributed by atoms with Crippen LogP contribution in [0.15, 0.2) is 29.8 Å². The van der Waals surface area contributed by atoms with Gasteiger partial charge in [-0.05, 0) is 48.5 Å². The van der Waals surface area contributed by atoms with Crippen LogP contribution in [0.25, 0.3) is 0 Å². The molecule has 108 valence electrons. The Labute approximate surface area is 125 Å². The summed E-state index contributed by atoms with van der Waals surface area (Å²) < 4.78 is 0. The number of hydrogen-bond donors (Lipinski definition) is 1. The lowest BCUT2D eigenvalue weighted by Gasteiger charge is -2.20. The van der Waals surface area contributed by atoms with Gasteiger partial charge in [0.25, 0.3) is 0 Å². The third-order valence-electron chi connectivity index (χ3n) is 3.32. The summed E-state index contributed by atoms with van der Waals surface area (Å²) in [7, 11) is 2.12. The average molecular weight is 289 g/mol. The highest BCUT2D eigenvalue weighted by Crippen LogP contribution is 2.18. The topological polar surface area (TPSA) is 28.2 Å². The van der Waals surface area contributed by atoms with E-state index in [2.05, 4.69) is 59.7 Å². The molecular formula is C16H23N3S. The van der Waals surface area contributed by atoms with Gasteiger partial charge in [0.1, 0.15) is 5.82 Å². The summed E-state index contributed by atoms with van der Waals surface area (Å²) in [6.07, 6.45) is 3.06. The number of pyridine rings is 1. The van der Waals surface area contributed by atoms with Crippen molar-refractivity contribution >= 4 is 17.2 Å². The standard InChI is InChI=1S/C16H23N3S/c1-4-17-11-14-10-13(2)16(18-12-14)19(3)8-7-15-6-5-9-20-15/h5-6,9-10,12,17H,4,7-8,11H2,1-3H3. The minimum atomic E-state index is 0.892. The first-order valence-electron chi connectivity index (χ1n) is 7.10. The van der Waals surface area contributed by atoms with E-state index < -0.39 is 0 Å². The molecule has 0 atom stereocenters. The van der Waals surface area contributed by atoms with Gasteiger partial charge in [0.05, 0.1) is 0 Å². The Morgan fingerprint density at radius 2 is 2.25 bits per heavy atom. The molecule has 1 N–H and O–H groups in total. The first-order chi connectivity index (χ1) is 9.70. The normalized spacial score (nSPS) is 10.8. The van der Waals surface area contributed by atoms with Gasteiger partial charge in [0.2, 0.25) is 0 Å². The van der Waals surface area contributed by atoms with Gasteiger partial charge >= 0.3 is 0 Å². The lowest BCUT2D eigenvalue weighted by Crippen LogP contribution is -2.22. The van der Waals surface area contributed by atoms with Gasteiger partial charge in [0, 0.05) is 31.2 Å². The van der Waals surface area contributed by atoms with Crippen LogP contribution in [0.3, 0.4) is 0 Å². The monoisotopic (exact) mass is 289 g/mol. The lowest BCUT2D eigenvalue weighted by molar-refractivity contribution is 0.723. The van der Waals surface area contributed by atoms with Crippen LogP contribution >= 0.6 is 11.3 Å². The minimum Gasteiger partial charge on any atom is -0.359 e. The second-order valence-electron chi connectivity index (χ2n) is 5.02. The van der Waals surface area contributed by atoms with Gasteiger partial charge in [-0.2, -0.15) is 0 Å². The quantitative estimate of drug-likeness (QED) is 0.848. The maximum Gasteiger partial charge on any atom is 0.131 e. The number of rotatable bonds is 7. The number of thiophene rings is 1. The molecule has 4 heteroatoms. The van der Waals surface area contributed by atoms with Crippen molar-refractivity contribution in [1.29, 1.82) is 0 Å². The molecule has 20 heavy (non-hydrogen) atoms. The SMILES string of the molecule is CCNCc1cnc(N(C)CCc2cccs2)c(C)c1. The zero-order valence-corrected chi connectivity index (χ0v) is 13.3. The fourth-order valence-corrected chi connectivity index (χ4v) is 2.93. The highest BCUT2D eigenvalue weighted by molar-refractivity contribution is 7.09. The molecular weight excluding hydrogens is 266 g/mol. The van der Waals surface area contributed by atoms with Crippen molar-refractivity contribution in [2.24, 2.45) is 0 Å². The van der Waals surface area contributed by atoms with E-state index in [-0.39, 0.29) is 0 Å². The summed E-state index contributed by atoms with van der Waals surface area (Å²) in [5, 5.41) is 5.47. The maximum absolute atomic E-state index is 4.62. The average Bonchev–Trinajstić information content (AvgIpc) is 2.96. The minimum absolute atomic E-state index is 0.892. The molecule has 2 rings (SSSR count). The van der Waals surface area contributed by atoms with Gasteiger partial charge in [0.15, 0.2) is 0 Å². The van der Waals surface area contributed by atoms with Crippen molar-refractivity contribution in [2.45, 2.75) is 26.8 Å². The van der Waals surface area contributed by atoms with Gasteiger partial charge in [-0.15, -0.1) is 11.3 Å². The highest BCUT2D eigenvalue weighted by Gasteiger charge is 2.07. The van der Waals surface area contributed by atoms with E-state index >= 15 is 0 Å². The predicted molar refractivity (Wildman–Crippen MR) is 87.6 cm³/mol. The Hall–Kier alpha value is -1.39. The Balaban J connectivity index is 1.96. The summed E-state index contributed by atoms with van der Waals surface area (Å²) in [4.78, 5) is 8.29. The van der Waals surface area contributed by atoms with E-state index in [1.807, 2.05) is 17.5 Å². The molecule has 0 amide bonds. The smallest absolute Gasteiger partial charge is 0.131 e. The fraction of sp³-hybridized carbons (Fsp3) is 0.438. The van der Waals surface area contributed by atoms with Gasteiger partial charge in [-0.3, -0.25) is 0 Å². The molecule has 0 aliphatic carbocycles. The lowest BCUT2D eigenvalue weighted by atomic mass is 10.2. The number of aromatic nitrogens is 1. The molecule has 0 aliphatic rings. The summed E-state index contributed by atoms with van der Waals surface area (Å²) in [6.45, 7) is 7.14. The van der Waals surface area contributed by atoms with E-state index in [0.717, 1.165) is 31.9 Å². The third kappa shape index (κ3) is 4.05. The van der Waals surface area contributed by atoms with Crippen LogP contribution in [0.2, 0.25) is 0 Å². The van der Waals surface area contributed by atoms with Crippen LogP contribution in [-0.4, -0.2) is 25.1 Å². The van der Waals surface area contributed by atoms with Crippen molar-refractivity contribution in [3.63, 3.8) is 0 Å². The van der Waals surface area contributed by atoms with Crippen molar-refractivity contribution in [3.05, 3.63) is 45.8 Å². The second kappa shape index (κ2) is 7.41. The molecule has 2 heterocycles. The summed E-state index contributed by atoms with van der Waals surface area (Å²) in [5.41, 5.74) is 2.49. The molecule has 0 saturated carbocycles. The van der Waals surface area contributed by atoms with Crippen LogP contribution in [0.1, 0.15) is 22.9 Å². The predicted octanol–water partition coefficient (Wildman–Crippen LogP) is 3.24. The van der Waals surface area contributed by atoms with Crippen molar-refractivity contribution in [2.75, 3.05) is 25.0 Å². The first kappa shape index (κ1) is 15.0. The molecule has 0 saturated heterocycles. The van der Waals surface area contributed by atoms with Crippen LogP contribution in [0.4, 0.5) is 5.82 Å². The molecule has 0 bridgehead atoms. The fourth-order valence-electron chi connectivity index (χ4n) is 2.23. The zero-order valence-electron chi connectivity index (χ0n) is 12.5. The molecule has 0 spiro atoms. The molecule has 0 fully saturated rings. The van der Waals surface area contributed by atoms with Crippen molar-refractivity contribution in [3.8, 4) is 0 Å². The Kier molecular flexibility index (Phi) is 5.56. The molecule has 0 radical (unpaired) electrons. The summed E-state index contributed by atoms with van der Waals surface area (Å²) >= 11 is 1.82. The molecule has 2 aromatic rings. The first-order valence-corrected chi connectivity index (χ1v) is 7.98.